The number of ether oxygens (including phenoxy) is 2. The number of aliphatic imine (C=N–C) groups is 1. The number of rotatable bonds is 5. The Morgan fingerprint density at radius 3 is 2.86 bits per heavy atom. The van der Waals surface area contributed by atoms with Gasteiger partial charge in [-0.2, -0.15) is 0 Å². The number of methoxy groups -OCH3 is 1. The molecule has 22 heavy (non-hydrogen) atoms. The molecular weight excluding hydrogens is 395 g/mol. The molecule has 2 fully saturated rings. The fourth-order valence-corrected chi connectivity index (χ4v) is 2.81. The van der Waals surface area contributed by atoms with Crippen LogP contribution in [0.1, 0.15) is 26.7 Å². The summed E-state index contributed by atoms with van der Waals surface area (Å²) < 4.78 is 11.3. The quantitative estimate of drug-likeness (QED) is 0.391. The van der Waals surface area contributed by atoms with Crippen LogP contribution in [0.15, 0.2) is 4.99 Å². The highest BCUT2D eigenvalue weighted by atomic mass is 127. The highest BCUT2D eigenvalue weighted by Crippen LogP contribution is 2.22. The molecule has 2 saturated heterocycles. The molecule has 0 radical (unpaired) electrons. The molecule has 2 aliphatic rings. The molecule has 0 aromatic carbocycles. The van der Waals surface area contributed by atoms with Crippen molar-refractivity contribution in [3.8, 4) is 0 Å². The number of hydrogen-bond donors (Lipinski definition) is 2. The minimum Gasteiger partial charge on any atom is -0.377 e. The summed E-state index contributed by atoms with van der Waals surface area (Å²) in [7, 11) is 3.51. The maximum atomic E-state index is 5.94. The van der Waals surface area contributed by atoms with Crippen LogP contribution in [0.25, 0.3) is 0 Å². The third-order valence-corrected chi connectivity index (χ3v) is 4.42. The Kier molecular flexibility index (Phi) is 8.37. The summed E-state index contributed by atoms with van der Waals surface area (Å²) in [5, 5.41) is 6.64. The fraction of sp³-hybridized carbons (Fsp3) is 0.933. The van der Waals surface area contributed by atoms with Crippen LogP contribution < -0.4 is 10.6 Å². The summed E-state index contributed by atoms with van der Waals surface area (Å²) in [6, 6.07) is 0.654. The largest absolute Gasteiger partial charge is 0.377 e. The average Bonchev–Trinajstić information content (AvgIpc) is 2.95. The Labute approximate surface area is 151 Å². The number of nitrogens with zero attached hydrogens (tertiary/aromatic N) is 2. The lowest BCUT2D eigenvalue weighted by atomic mass is 10.1. The van der Waals surface area contributed by atoms with E-state index in [0.29, 0.717) is 12.6 Å². The minimum absolute atomic E-state index is 0. The van der Waals surface area contributed by atoms with Crippen LogP contribution in [-0.2, 0) is 9.47 Å². The van der Waals surface area contributed by atoms with E-state index in [4.69, 9.17) is 9.47 Å². The van der Waals surface area contributed by atoms with E-state index in [0.717, 1.165) is 25.7 Å². The van der Waals surface area contributed by atoms with Gasteiger partial charge < -0.3 is 20.1 Å². The Balaban J connectivity index is 0.00000242. The van der Waals surface area contributed by atoms with Gasteiger partial charge in [0, 0.05) is 39.8 Å². The van der Waals surface area contributed by atoms with E-state index < -0.39 is 0 Å². The van der Waals surface area contributed by atoms with Crippen molar-refractivity contribution in [3.05, 3.63) is 0 Å². The van der Waals surface area contributed by atoms with Crippen molar-refractivity contribution in [1.29, 1.82) is 0 Å². The number of nitrogens with one attached hydrogen (secondary N) is 2. The van der Waals surface area contributed by atoms with Gasteiger partial charge >= 0.3 is 0 Å². The first-order valence-corrected chi connectivity index (χ1v) is 7.89. The maximum absolute atomic E-state index is 5.94. The summed E-state index contributed by atoms with van der Waals surface area (Å²) in [5.41, 5.74) is -0.207. The zero-order valence-electron chi connectivity index (χ0n) is 14.2. The number of guanidine groups is 1. The lowest BCUT2D eigenvalue weighted by molar-refractivity contribution is -0.0453. The van der Waals surface area contributed by atoms with Gasteiger partial charge in [-0.05, 0) is 33.2 Å². The molecule has 0 saturated carbocycles. The normalized spacial score (nSPS) is 26.3. The number of fused-ring (bicyclic) bond motifs is 1. The summed E-state index contributed by atoms with van der Waals surface area (Å²) in [6.45, 7) is 8.71. The number of morpholine rings is 1. The molecule has 2 heterocycles. The van der Waals surface area contributed by atoms with Crippen molar-refractivity contribution in [2.75, 3.05) is 46.9 Å². The maximum Gasteiger partial charge on any atom is 0.191 e. The van der Waals surface area contributed by atoms with Crippen LogP contribution in [-0.4, -0.2) is 75.5 Å². The molecule has 2 N–H and O–H groups in total. The van der Waals surface area contributed by atoms with Crippen molar-refractivity contribution < 1.29 is 9.47 Å². The lowest BCUT2D eigenvalue weighted by Gasteiger charge is -2.35. The van der Waals surface area contributed by atoms with Crippen LogP contribution in [0, 0.1) is 0 Å². The van der Waals surface area contributed by atoms with Crippen molar-refractivity contribution in [2.45, 2.75) is 44.4 Å². The van der Waals surface area contributed by atoms with E-state index in [2.05, 4.69) is 20.5 Å². The van der Waals surface area contributed by atoms with Crippen LogP contribution >= 0.6 is 24.0 Å². The molecule has 130 valence electrons. The standard InChI is InChI=1S/C15H30N4O2.HI/c1-15(2,20-4)11-18-14(16-3)17-8-13-9-19-7-5-6-12(19)10-21-13;/h12-13H,5-11H2,1-4H3,(H2,16,17,18);1H. The third-order valence-electron chi connectivity index (χ3n) is 4.42. The highest BCUT2D eigenvalue weighted by molar-refractivity contribution is 14.0. The summed E-state index contributed by atoms with van der Waals surface area (Å²) in [5.74, 6) is 0.798. The Bertz CT molecular complexity index is 365. The fourth-order valence-electron chi connectivity index (χ4n) is 2.81. The molecule has 2 rings (SSSR count). The molecular formula is C15H31IN4O2. The predicted octanol–water partition coefficient (Wildman–Crippen LogP) is 1.06. The van der Waals surface area contributed by atoms with Gasteiger partial charge in [-0.25, -0.2) is 0 Å². The monoisotopic (exact) mass is 426 g/mol. The van der Waals surface area contributed by atoms with E-state index in [1.807, 2.05) is 13.8 Å². The highest BCUT2D eigenvalue weighted by Gasteiger charge is 2.32. The van der Waals surface area contributed by atoms with E-state index in [-0.39, 0.29) is 35.7 Å². The zero-order valence-corrected chi connectivity index (χ0v) is 16.6. The van der Waals surface area contributed by atoms with E-state index in [9.17, 15) is 0 Å². The minimum atomic E-state index is -0.207. The van der Waals surface area contributed by atoms with Crippen LogP contribution in [0.3, 0.4) is 0 Å². The van der Waals surface area contributed by atoms with Gasteiger partial charge in [0.25, 0.3) is 0 Å². The van der Waals surface area contributed by atoms with E-state index >= 15 is 0 Å². The van der Waals surface area contributed by atoms with Crippen molar-refractivity contribution >= 4 is 29.9 Å². The van der Waals surface area contributed by atoms with Gasteiger partial charge in [0.2, 0.25) is 0 Å². The lowest BCUT2D eigenvalue weighted by Crippen LogP contribution is -2.52. The molecule has 0 bridgehead atoms. The van der Waals surface area contributed by atoms with Crippen molar-refractivity contribution in [1.82, 2.24) is 15.5 Å². The Morgan fingerprint density at radius 2 is 2.18 bits per heavy atom. The average molecular weight is 426 g/mol. The topological polar surface area (TPSA) is 58.1 Å². The second kappa shape index (κ2) is 9.24. The van der Waals surface area contributed by atoms with Crippen LogP contribution in [0.4, 0.5) is 0 Å². The first kappa shape index (κ1) is 19.9. The van der Waals surface area contributed by atoms with Gasteiger partial charge in [0.05, 0.1) is 18.3 Å². The van der Waals surface area contributed by atoms with Gasteiger partial charge in [-0.15, -0.1) is 24.0 Å². The SMILES string of the molecule is CN=C(NCC1CN2CCCC2CO1)NCC(C)(C)OC.I. The van der Waals surface area contributed by atoms with Crippen molar-refractivity contribution in [2.24, 2.45) is 4.99 Å². The Hall–Kier alpha value is -0.120. The van der Waals surface area contributed by atoms with Gasteiger partial charge in [-0.3, -0.25) is 9.89 Å². The van der Waals surface area contributed by atoms with Crippen molar-refractivity contribution in [3.63, 3.8) is 0 Å². The molecule has 6 nitrogen and oxygen atoms in total. The van der Waals surface area contributed by atoms with Crippen LogP contribution in [0.5, 0.6) is 0 Å². The molecule has 2 unspecified atom stereocenters. The van der Waals surface area contributed by atoms with Crippen LogP contribution in [0.2, 0.25) is 0 Å². The molecule has 7 heteroatoms. The van der Waals surface area contributed by atoms with Gasteiger partial charge in [-0.1, -0.05) is 0 Å². The van der Waals surface area contributed by atoms with Gasteiger partial charge in [0.1, 0.15) is 0 Å². The summed E-state index contributed by atoms with van der Waals surface area (Å²) >= 11 is 0. The first-order chi connectivity index (χ1) is 10.0. The van der Waals surface area contributed by atoms with E-state index in [1.165, 1.54) is 19.4 Å². The molecule has 0 aromatic rings. The predicted molar refractivity (Wildman–Crippen MR) is 100 cm³/mol. The molecule has 0 amide bonds. The smallest absolute Gasteiger partial charge is 0.191 e. The molecule has 0 spiro atoms. The summed E-state index contributed by atoms with van der Waals surface area (Å²) in [6.07, 6.45) is 2.84. The Morgan fingerprint density at radius 1 is 1.41 bits per heavy atom. The van der Waals surface area contributed by atoms with E-state index in [1.54, 1.807) is 14.2 Å². The van der Waals surface area contributed by atoms with Gasteiger partial charge in [0.15, 0.2) is 5.96 Å². The number of halogens is 1. The molecule has 2 aliphatic heterocycles. The number of hydrogen-bond acceptors (Lipinski definition) is 4. The second-order valence-corrected chi connectivity index (χ2v) is 6.52. The second-order valence-electron chi connectivity index (χ2n) is 6.52. The molecule has 0 aromatic heterocycles. The third kappa shape index (κ3) is 5.82. The first-order valence-electron chi connectivity index (χ1n) is 7.89. The molecule has 2 atom stereocenters. The molecule has 0 aliphatic carbocycles. The summed E-state index contributed by atoms with van der Waals surface area (Å²) in [4.78, 5) is 6.80. The zero-order chi connectivity index (χ0) is 15.3.